The molecule has 0 saturated heterocycles. The molecule has 3 nitrogen and oxygen atoms in total. The van der Waals surface area contributed by atoms with Gasteiger partial charge in [-0.25, -0.2) is 0 Å². The largest absolute Gasteiger partial charge is 0.350 e. The van der Waals surface area contributed by atoms with Gasteiger partial charge in [0.1, 0.15) is 0 Å². The molecule has 1 atom stereocenters. The van der Waals surface area contributed by atoms with Crippen LogP contribution in [0.15, 0.2) is 60.7 Å². The Morgan fingerprint density at radius 1 is 0.905 bits per heavy atom. The van der Waals surface area contributed by atoms with Crippen LogP contribution in [0.4, 0.5) is 0 Å². The number of carbonyl (C=O) groups is 2. The van der Waals surface area contributed by atoms with Crippen molar-refractivity contribution in [3.8, 4) is 0 Å². The van der Waals surface area contributed by atoms with Crippen LogP contribution in [0.3, 0.4) is 0 Å². The number of carbonyl (C=O) groups excluding carboxylic acids is 2. The molecule has 108 valence electrons. The standard InChI is InChI=1S/C18H19NO2/c1-14(15-8-4-2-5-9-15)19-18(21)13-12-17(20)16-10-6-3-7-11-16/h2-11,14H,12-13H2,1H3,(H,19,21). The maximum Gasteiger partial charge on any atom is 0.220 e. The molecule has 0 aliphatic rings. The second-order valence-electron chi connectivity index (χ2n) is 4.99. The van der Waals surface area contributed by atoms with Gasteiger partial charge in [-0.2, -0.15) is 0 Å². The lowest BCUT2D eigenvalue weighted by Crippen LogP contribution is -2.26. The van der Waals surface area contributed by atoms with Gasteiger partial charge in [0, 0.05) is 18.4 Å². The molecular formula is C18H19NO2. The van der Waals surface area contributed by atoms with E-state index in [9.17, 15) is 9.59 Å². The monoisotopic (exact) mass is 281 g/mol. The van der Waals surface area contributed by atoms with E-state index in [4.69, 9.17) is 0 Å². The summed E-state index contributed by atoms with van der Waals surface area (Å²) >= 11 is 0. The van der Waals surface area contributed by atoms with E-state index >= 15 is 0 Å². The molecule has 0 aromatic heterocycles. The summed E-state index contributed by atoms with van der Waals surface area (Å²) in [6.07, 6.45) is 0.447. The Bertz CT molecular complexity index is 593. The minimum atomic E-state index is -0.101. The first kappa shape index (κ1) is 15.0. The molecule has 21 heavy (non-hydrogen) atoms. The highest BCUT2D eigenvalue weighted by Gasteiger charge is 2.12. The zero-order valence-corrected chi connectivity index (χ0v) is 12.1. The van der Waals surface area contributed by atoms with Gasteiger partial charge in [-0.05, 0) is 12.5 Å². The molecule has 2 rings (SSSR count). The van der Waals surface area contributed by atoms with Gasteiger partial charge in [-0.15, -0.1) is 0 Å². The molecule has 1 N–H and O–H groups in total. The highest BCUT2D eigenvalue weighted by molar-refractivity contribution is 5.97. The second kappa shape index (κ2) is 7.39. The number of nitrogens with one attached hydrogen (secondary N) is 1. The molecule has 0 saturated carbocycles. The van der Waals surface area contributed by atoms with E-state index in [1.54, 1.807) is 12.1 Å². The van der Waals surface area contributed by atoms with Crippen molar-refractivity contribution in [1.82, 2.24) is 5.32 Å². The van der Waals surface area contributed by atoms with Crippen molar-refractivity contribution in [2.45, 2.75) is 25.8 Å². The summed E-state index contributed by atoms with van der Waals surface area (Å²) in [6.45, 7) is 1.94. The van der Waals surface area contributed by atoms with Crippen LogP contribution in [0, 0.1) is 0 Å². The summed E-state index contributed by atoms with van der Waals surface area (Å²) in [5.41, 5.74) is 1.71. The molecule has 0 radical (unpaired) electrons. The SMILES string of the molecule is CC(NC(=O)CCC(=O)c1ccccc1)c1ccccc1. The lowest BCUT2D eigenvalue weighted by atomic mass is 10.1. The summed E-state index contributed by atoms with van der Waals surface area (Å²) in [7, 11) is 0. The Hall–Kier alpha value is -2.42. The summed E-state index contributed by atoms with van der Waals surface area (Å²) in [4.78, 5) is 23.8. The minimum absolute atomic E-state index is 0.00175. The summed E-state index contributed by atoms with van der Waals surface area (Å²) in [5.74, 6) is -0.103. The quantitative estimate of drug-likeness (QED) is 0.823. The number of hydrogen-bond acceptors (Lipinski definition) is 2. The smallest absolute Gasteiger partial charge is 0.220 e. The highest BCUT2D eigenvalue weighted by atomic mass is 16.2. The third-order valence-electron chi connectivity index (χ3n) is 3.35. The first-order valence-corrected chi connectivity index (χ1v) is 7.09. The lowest BCUT2D eigenvalue weighted by molar-refractivity contribution is -0.121. The van der Waals surface area contributed by atoms with E-state index in [0.717, 1.165) is 5.56 Å². The fraction of sp³-hybridized carbons (Fsp3) is 0.222. The third-order valence-corrected chi connectivity index (χ3v) is 3.35. The van der Waals surface area contributed by atoms with E-state index in [2.05, 4.69) is 5.32 Å². The predicted molar refractivity (Wildman–Crippen MR) is 83.0 cm³/mol. The van der Waals surface area contributed by atoms with Crippen LogP contribution in [0.5, 0.6) is 0 Å². The van der Waals surface area contributed by atoms with Crippen molar-refractivity contribution in [3.63, 3.8) is 0 Å². The summed E-state index contributed by atoms with van der Waals surface area (Å²) in [6, 6.07) is 18.8. The Morgan fingerprint density at radius 2 is 1.48 bits per heavy atom. The minimum Gasteiger partial charge on any atom is -0.350 e. The van der Waals surface area contributed by atoms with Crippen LogP contribution in [0.1, 0.15) is 41.7 Å². The molecule has 0 bridgehead atoms. The van der Waals surface area contributed by atoms with Crippen molar-refractivity contribution in [1.29, 1.82) is 0 Å². The molecular weight excluding hydrogens is 262 g/mol. The molecule has 0 spiro atoms. The fourth-order valence-electron chi connectivity index (χ4n) is 2.13. The Labute approximate surface area is 125 Å². The van der Waals surface area contributed by atoms with Crippen molar-refractivity contribution < 1.29 is 9.59 Å². The average Bonchev–Trinajstić information content (AvgIpc) is 2.54. The molecule has 3 heteroatoms. The first-order chi connectivity index (χ1) is 10.2. The van der Waals surface area contributed by atoms with Gasteiger partial charge in [0.15, 0.2) is 5.78 Å². The maximum absolute atomic E-state index is 11.9. The zero-order chi connectivity index (χ0) is 15.1. The number of amides is 1. The van der Waals surface area contributed by atoms with E-state index in [1.807, 2.05) is 55.5 Å². The van der Waals surface area contributed by atoms with Crippen molar-refractivity contribution in [2.75, 3.05) is 0 Å². The molecule has 0 aliphatic heterocycles. The second-order valence-corrected chi connectivity index (χ2v) is 4.99. The van der Waals surface area contributed by atoms with Gasteiger partial charge in [-0.1, -0.05) is 60.7 Å². The fourth-order valence-corrected chi connectivity index (χ4v) is 2.13. The number of ketones is 1. The lowest BCUT2D eigenvalue weighted by Gasteiger charge is -2.14. The molecule has 0 aliphatic carbocycles. The van der Waals surface area contributed by atoms with Gasteiger partial charge in [-0.3, -0.25) is 9.59 Å². The van der Waals surface area contributed by atoms with E-state index < -0.39 is 0 Å². The van der Waals surface area contributed by atoms with Gasteiger partial charge in [0.2, 0.25) is 5.91 Å². The average molecular weight is 281 g/mol. The van der Waals surface area contributed by atoms with Crippen LogP contribution in [-0.2, 0) is 4.79 Å². The number of hydrogen-bond donors (Lipinski definition) is 1. The van der Waals surface area contributed by atoms with Crippen LogP contribution in [-0.4, -0.2) is 11.7 Å². The Balaban J connectivity index is 1.81. The summed E-state index contributed by atoms with van der Waals surface area (Å²) in [5, 5.41) is 2.91. The van der Waals surface area contributed by atoms with Gasteiger partial charge >= 0.3 is 0 Å². The van der Waals surface area contributed by atoms with Crippen molar-refractivity contribution in [3.05, 3.63) is 71.8 Å². The highest BCUT2D eigenvalue weighted by Crippen LogP contribution is 2.12. The van der Waals surface area contributed by atoms with E-state index in [0.29, 0.717) is 5.56 Å². The Kier molecular flexibility index (Phi) is 5.27. The van der Waals surface area contributed by atoms with Crippen molar-refractivity contribution >= 4 is 11.7 Å². The van der Waals surface area contributed by atoms with Gasteiger partial charge < -0.3 is 5.32 Å². The third kappa shape index (κ3) is 4.56. The molecule has 2 aromatic rings. The predicted octanol–water partition coefficient (Wildman–Crippen LogP) is 3.53. The van der Waals surface area contributed by atoms with Gasteiger partial charge in [0.05, 0.1) is 6.04 Å². The van der Waals surface area contributed by atoms with Gasteiger partial charge in [0.25, 0.3) is 0 Å². The van der Waals surface area contributed by atoms with Crippen LogP contribution in [0.25, 0.3) is 0 Å². The number of benzene rings is 2. The van der Waals surface area contributed by atoms with Crippen molar-refractivity contribution in [2.24, 2.45) is 0 Å². The van der Waals surface area contributed by atoms with E-state index in [1.165, 1.54) is 0 Å². The van der Waals surface area contributed by atoms with Crippen LogP contribution < -0.4 is 5.32 Å². The van der Waals surface area contributed by atoms with E-state index in [-0.39, 0.29) is 30.6 Å². The molecule has 0 fully saturated rings. The topological polar surface area (TPSA) is 46.2 Å². The van der Waals surface area contributed by atoms with Crippen LogP contribution >= 0.6 is 0 Å². The molecule has 1 unspecified atom stereocenters. The van der Waals surface area contributed by atoms with Crippen LogP contribution in [0.2, 0.25) is 0 Å². The first-order valence-electron chi connectivity index (χ1n) is 7.09. The Morgan fingerprint density at radius 3 is 2.10 bits per heavy atom. The maximum atomic E-state index is 11.9. The summed E-state index contributed by atoms with van der Waals surface area (Å²) < 4.78 is 0. The normalized spacial score (nSPS) is 11.7. The molecule has 2 aromatic carbocycles. The molecule has 1 amide bonds. The number of Topliss-reactive ketones (excluding diaryl/α,β-unsaturated/α-hetero) is 1. The zero-order valence-electron chi connectivity index (χ0n) is 12.1. The molecule has 0 heterocycles. The number of rotatable bonds is 6.